The first-order valence-electron chi connectivity index (χ1n) is 7.91. The Kier molecular flexibility index (Phi) is 5.20. The van der Waals surface area contributed by atoms with E-state index in [-0.39, 0.29) is 24.5 Å². The molecular formula is C16H25N5O2. The van der Waals surface area contributed by atoms with E-state index in [1.54, 1.807) is 6.92 Å². The van der Waals surface area contributed by atoms with Crippen molar-refractivity contribution < 1.29 is 9.90 Å². The zero-order chi connectivity index (χ0) is 17.0. The van der Waals surface area contributed by atoms with Crippen LogP contribution in [0.2, 0.25) is 0 Å². The van der Waals surface area contributed by atoms with E-state index in [9.17, 15) is 9.90 Å². The van der Waals surface area contributed by atoms with Crippen molar-refractivity contribution in [3.63, 3.8) is 0 Å². The van der Waals surface area contributed by atoms with Gasteiger partial charge in [0.2, 0.25) is 0 Å². The van der Waals surface area contributed by atoms with Crippen LogP contribution in [-0.2, 0) is 0 Å². The average molecular weight is 319 g/mol. The minimum Gasteiger partial charge on any atom is -0.388 e. The number of aliphatic hydroxyl groups is 1. The predicted octanol–water partition coefficient (Wildman–Crippen LogP) is 1.89. The minimum absolute atomic E-state index is 0.0978. The number of urea groups is 1. The molecule has 2 heterocycles. The highest BCUT2D eigenvalue weighted by Gasteiger charge is 2.27. The Morgan fingerprint density at radius 3 is 2.83 bits per heavy atom. The van der Waals surface area contributed by atoms with E-state index in [2.05, 4.69) is 20.8 Å². The summed E-state index contributed by atoms with van der Waals surface area (Å²) in [5.41, 5.74) is -0.201. The minimum atomic E-state index is -0.934. The number of nitrogens with one attached hydrogen (secondary N) is 2. The summed E-state index contributed by atoms with van der Waals surface area (Å²) in [4.78, 5) is 12.1. The number of hydrogen-bond donors (Lipinski definition) is 3. The van der Waals surface area contributed by atoms with Crippen LogP contribution in [0.5, 0.6) is 0 Å². The van der Waals surface area contributed by atoms with Gasteiger partial charge in [-0.05, 0) is 31.9 Å². The lowest BCUT2D eigenvalue weighted by molar-refractivity contribution is 0.00784. The predicted molar refractivity (Wildman–Crippen MR) is 88.0 cm³/mol. The molecule has 3 N–H and O–H groups in total. The summed E-state index contributed by atoms with van der Waals surface area (Å²) in [5, 5.41) is 24.1. The van der Waals surface area contributed by atoms with E-state index in [0.29, 0.717) is 5.82 Å². The molecule has 7 heteroatoms. The second-order valence-corrected chi connectivity index (χ2v) is 6.20. The lowest BCUT2D eigenvalue weighted by Crippen LogP contribution is -2.48. The highest BCUT2D eigenvalue weighted by molar-refractivity contribution is 5.74. The Labute approximate surface area is 136 Å². The lowest BCUT2D eigenvalue weighted by atomic mass is 9.89. The number of nitrogens with zero attached hydrogens (tertiary/aromatic N) is 3. The standard InChI is InChI=1S/C16H25N5O2/c1-5-11(2)16(4,23)10-17-15(22)18-12(3)14-20-19-13-8-6-7-9-21(13)14/h6-9,11-12,23H,5,10H2,1-4H3,(H2,17,18,22). The molecule has 0 aliphatic heterocycles. The fourth-order valence-corrected chi connectivity index (χ4v) is 2.34. The molecule has 2 aromatic heterocycles. The van der Waals surface area contributed by atoms with Crippen molar-refractivity contribution >= 4 is 11.7 Å². The number of amides is 2. The maximum Gasteiger partial charge on any atom is 0.315 e. The van der Waals surface area contributed by atoms with Crippen LogP contribution in [0, 0.1) is 5.92 Å². The van der Waals surface area contributed by atoms with Gasteiger partial charge in [-0.3, -0.25) is 4.40 Å². The number of carbonyl (C=O) groups is 1. The number of carbonyl (C=O) groups excluding carboxylic acids is 1. The molecular weight excluding hydrogens is 294 g/mol. The summed E-state index contributed by atoms with van der Waals surface area (Å²) in [6.07, 6.45) is 2.70. The molecule has 0 fully saturated rings. The first kappa shape index (κ1) is 17.2. The Morgan fingerprint density at radius 2 is 2.13 bits per heavy atom. The first-order chi connectivity index (χ1) is 10.8. The highest BCUT2D eigenvalue weighted by atomic mass is 16.3. The van der Waals surface area contributed by atoms with Crippen molar-refractivity contribution in [2.24, 2.45) is 5.92 Å². The largest absolute Gasteiger partial charge is 0.388 e. The quantitative estimate of drug-likeness (QED) is 0.758. The van der Waals surface area contributed by atoms with Crippen molar-refractivity contribution in [2.75, 3.05) is 6.54 Å². The Balaban J connectivity index is 1.95. The van der Waals surface area contributed by atoms with Crippen LogP contribution in [0.1, 0.15) is 46.0 Å². The van der Waals surface area contributed by atoms with Crippen LogP contribution < -0.4 is 10.6 Å². The first-order valence-corrected chi connectivity index (χ1v) is 7.91. The summed E-state index contributed by atoms with van der Waals surface area (Å²) in [5.74, 6) is 0.755. The van der Waals surface area contributed by atoms with Gasteiger partial charge in [-0.15, -0.1) is 10.2 Å². The zero-order valence-electron chi connectivity index (χ0n) is 14.1. The molecule has 0 aliphatic carbocycles. The molecule has 2 amide bonds. The average Bonchev–Trinajstić information content (AvgIpc) is 2.96. The van der Waals surface area contributed by atoms with E-state index in [1.165, 1.54) is 0 Å². The summed E-state index contributed by atoms with van der Waals surface area (Å²) >= 11 is 0. The molecule has 2 rings (SSSR count). The molecule has 0 spiro atoms. The van der Waals surface area contributed by atoms with E-state index in [0.717, 1.165) is 12.1 Å². The highest BCUT2D eigenvalue weighted by Crippen LogP contribution is 2.18. The van der Waals surface area contributed by atoms with Gasteiger partial charge < -0.3 is 15.7 Å². The molecule has 3 atom stereocenters. The van der Waals surface area contributed by atoms with Crippen molar-refractivity contribution in [2.45, 2.75) is 45.8 Å². The molecule has 0 radical (unpaired) electrons. The van der Waals surface area contributed by atoms with Crippen LogP contribution in [0.25, 0.3) is 5.65 Å². The Bertz CT molecular complexity index is 667. The number of fused-ring (bicyclic) bond motifs is 1. The molecule has 7 nitrogen and oxygen atoms in total. The van der Waals surface area contributed by atoms with Gasteiger partial charge in [-0.1, -0.05) is 26.3 Å². The summed E-state index contributed by atoms with van der Waals surface area (Å²) in [6.45, 7) is 7.75. The van der Waals surface area contributed by atoms with Crippen LogP contribution >= 0.6 is 0 Å². The normalized spacial score (nSPS) is 16.6. The molecule has 0 aromatic carbocycles. The van der Waals surface area contributed by atoms with Crippen LogP contribution in [0.15, 0.2) is 24.4 Å². The number of aromatic nitrogens is 3. The van der Waals surface area contributed by atoms with Gasteiger partial charge in [0.05, 0.1) is 11.6 Å². The van der Waals surface area contributed by atoms with Gasteiger partial charge in [0, 0.05) is 12.7 Å². The zero-order valence-corrected chi connectivity index (χ0v) is 14.1. The molecule has 0 aliphatic rings. The van der Waals surface area contributed by atoms with Crippen LogP contribution in [-0.4, -0.2) is 37.9 Å². The number of hydrogen-bond acceptors (Lipinski definition) is 4. The Morgan fingerprint density at radius 1 is 1.39 bits per heavy atom. The Hall–Kier alpha value is -2.15. The van der Waals surface area contributed by atoms with Gasteiger partial charge in [0.15, 0.2) is 11.5 Å². The van der Waals surface area contributed by atoms with Gasteiger partial charge in [0.1, 0.15) is 0 Å². The van der Waals surface area contributed by atoms with Crippen molar-refractivity contribution in [3.8, 4) is 0 Å². The van der Waals surface area contributed by atoms with E-state index < -0.39 is 5.60 Å². The second kappa shape index (κ2) is 6.95. The lowest BCUT2D eigenvalue weighted by Gasteiger charge is -2.30. The molecule has 23 heavy (non-hydrogen) atoms. The fraction of sp³-hybridized carbons (Fsp3) is 0.562. The SMILES string of the molecule is CCC(C)C(C)(O)CNC(=O)NC(C)c1nnc2ccccn12. The topological polar surface area (TPSA) is 91.5 Å². The van der Waals surface area contributed by atoms with Gasteiger partial charge in [0.25, 0.3) is 0 Å². The fourth-order valence-electron chi connectivity index (χ4n) is 2.34. The monoisotopic (exact) mass is 319 g/mol. The maximum absolute atomic E-state index is 12.1. The number of rotatable bonds is 6. The second-order valence-electron chi connectivity index (χ2n) is 6.20. The molecule has 0 bridgehead atoms. The molecule has 3 unspecified atom stereocenters. The smallest absolute Gasteiger partial charge is 0.315 e. The number of pyridine rings is 1. The molecule has 0 saturated carbocycles. The molecule has 126 valence electrons. The summed E-state index contributed by atoms with van der Waals surface area (Å²) < 4.78 is 1.83. The van der Waals surface area contributed by atoms with Crippen molar-refractivity contribution in [1.29, 1.82) is 0 Å². The molecule has 0 saturated heterocycles. The third kappa shape index (κ3) is 3.98. The van der Waals surface area contributed by atoms with Crippen LogP contribution in [0.4, 0.5) is 4.79 Å². The molecule has 2 aromatic rings. The van der Waals surface area contributed by atoms with E-state index in [4.69, 9.17) is 0 Å². The van der Waals surface area contributed by atoms with Gasteiger partial charge >= 0.3 is 6.03 Å². The van der Waals surface area contributed by atoms with Gasteiger partial charge in [-0.2, -0.15) is 0 Å². The third-order valence-corrected chi connectivity index (χ3v) is 4.36. The van der Waals surface area contributed by atoms with E-state index >= 15 is 0 Å². The summed E-state index contributed by atoms with van der Waals surface area (Å²) in [7, 11) is 0. The van der Waals surface area contributed by atoms with Crippen molar-refractivity contribution in [1.82, 2.24) is 25.2 Å². The maximum atomic E-state index is 12.1. The van der Waals surface area contributed by atoms with Crippen molar-refractivity contribution in [3.05, 3.63) is 30.2 Å². The van der Waals surface area contributed by atoms with E-state index in [1.807, 2.05) is 49.6 Å². The van der Waals surface area contributed by atoms with Crippen LogP contribution in [0.3, 0.4) is 0 Å². The summed E-state index contributed by atoms with van der Waals surface area (Å²) in [6, 6.07) is 4.98. The van der Waals surface area contributed by atoms with Gasteiger partial charge in [-0.25, -0.2) is 4.79 Å². The third-order valence-electron chi connectivity index (χ3n) is 4.36.